The van der Waals surface area contributed by atoms with Gasteiger partial charge in [-0.2, -0.15) is 8.75 Å². The number of rotatable bonds is 3. The van der Waals surface area contributed by atoms with Crippen molar-refractivity contribution < 1.29 is 4.79 Å². The molecule has 16 heavy (non-hydrogen) atoms. The van der Waals surface area contributed by atoms with Crippen LogP contribution >= 0.6 is 11.7 Å². The Morgan fingerprint density at radius 3 is 2.94 bits per heavy atom. The fourth-order valence-corrected chi connectivity index (χ4v) is 2.01. The van der Waals surface area contributed by atoms with Crippen molar-refractivity contribution in [1.82, 2.24) is 8.75 Å². The van der Waals surface area contributed by atoms with Crippen LogP contribution in [0.5, 0.6) is 0 Å². The second-order valence-electron chi connectivity index (χ2n) is 3.50. The predicted octanol–water partition coefficient (Wildman–Crippen LogP) is 2.60. The van der Waals surface area contributed by atoms with Crippen LogP contribution in [-0.2, 0) is 4.79 Å². The molecule has 0 saturated carbocycles. The quantitative estimate of drug-likeness (QED) is 0.828. The Morgan fingerprint density at radius 2 is 2.19 bits per heavy atom. The summed E-state index contributed by atoms with van der Waals surface area (Å²) in [6.07, 6.45) is 1.55. The molecule has 5 heteroatoms. The van der Waals surface area contributed by atoms with Crippen LogP contribution in [-0.4, -0.2) is 14.5 Å². The maximum Gasteiger partial charge on any atom is 0.154 e. The summed E-state index contributed by atoms with van der Waals surface area (Å²) in [7, 11) is 0. The van der Waals surface area contributed by atoms with Crippen LogP contribution in [0.3, 0.4) is 0 Å². The lowest BCUT2D eigenvalue weighted by Crippen LogP contribution is -1.98. The highest BCUT2D eigenvalue weighted by molar-refractivity contribution is 7.00. The minimum atomic E-state index is 0.0218. The summed E-state index contributed by atoms with van der Waals surface area (Å²) < 4.78 is 8.36. The second kappa shape index (κ2) is 4.40. The van der Waals surface area contributed by atoms with E-state index in [-0.39, 0.29) is 5.78 Å². The van der Waals surface area contributed by atoms with Gasteiger partial charge in [0.15, 0.2) is 5.78 Å². The van der Waals surface area contributed by atoms with Crippen molar-refractivity contribution in [2.45, 2.75) is 13.8 Å². The number of aromatic nitrogens is 2. The predicted molar refractivity (Wildman–Crippen MR) is 65.5 cm³/mol. The van der Waals surface area contributed by atoms with Gasteiger partial charge in [0.2, 0.25) is 0 Å². The number of hydrogen-bond donors (Lipinski definition) is 1. The van der Waals surface area contributed by atoms with E-state index < -0.39 is 0 Å². The molecule has 0 spiro atoms. The van der Waals surface area contributed by atoms with Crippen molar-refractivity contribution in [2.75, 3.05) is 5.32 Å². The summed E-state index contributed by atoms with van der Waals surface area (Å²) in [6, 6.07) is 5.74. The summed E-state index contributed by atoms with van der Waals surface area (Å²) in [5.74, 6) is 0.0218. The molecule has 0 amide bonds. The molecule has 0 aliphatic heterocycles. The molecule has 1 aromatic carbocycles. The van der Waals surface area contributed by atoms with E-state index in [1.165, 1.54) is 18.7 Å². The van der Waals surface area contributed by atoms with Gasteiger partial charge in [0.25, 0.3) is 0 Å². The highest BCUT2D eigenvalue weighted by Gasteiger charge is 2.04. The standard InChI is InChI=1S/C11H11N3OS/c1-7(6-8(2)15)12-9-4-3-5-10-11(9)14-16-13-10/h3-6,12H,1-2H3/b7-6-. The Kier molecular flexibility index (Phi) is 2.96. The lowest BCUT2D eigenvalue weighted by molar-refractivity contribution is -0.112. The average molecular weight is 233 g/mol. The topological polar surface area (TPSA) is 54.9 Å². The molecule has 0 atom stereocenters. The molecular weight excluding hydrogens is 222 g/mol. The Morgan fingerprint density at radius 1 is 1.38 bits per heavy atom. The number of hydrogen-bond acceptors (Lipinski definition) is 5. The molecule has 1 aromatic heterocycles. The van der Waals surface area contributed by atoms with Gasteiger partial charge in [0.05, 0.1) is 17.4 Å². The number of anilines is 1. The molecule has 1 heterocycles. The van der Waals surface area contributed by atoms with E-state index >= 15 is 0 Å². The summed E-state index contributed by atoms with van der Waals surface area (Å²) >= 11 is 1.18. The van der Waals surface area contributed by atoms with Crippen molar-refractivity contribution in [1.29, 1.82) is 0 Å². The van der Waals surface area contributed by atoms with E-state index in [2.05, 4.69) is 14.1 Å². The molecular formula is C11H11N3OS. The minimum Gasteiger partial charge on any atom is -0.357 e. The first-order chi connectivity index (χ1) is 7.66. The van der Waals surface area contributed by atoms with Crippen LogP contribution in [0, 0.1) is 0 Å². The Labute approximate surface area is 97.3 Å². The zero-order valence-electron chi connectivity index (χ0n) is 9.02. The first-order valence-corrected chi connectivity index (χ1v) is 5.57. The van der Waals surface area contributed by atoms with Gasteiger partial charge < -0.3 is 5.32 Å². The fourth-order valence-electron chi connectivity index (χ4n) is 1.46. The van der Waals surface area contributed by atoms with Crippen molar-refractivity contribution in [2.24, 2.45) is 0 Å². The maximum atomic E-state index is 10.9. The summed E-state index contributed by atoms with van der Waals surface area (Å²) in [6.45, 7) is 3.37. The molecule has 1 N–H and O–H groups in total. The third-order valence-corrected chi connectivity index (χ3v) is 2.58. The van der Waals surface area contributed by atoms with Crippen LogP contribution in [0.25, 0.3) is 11.0 Å². The number of ketones is 1. The third-order valence-electron chi connectivity index (χ3n) is 2.04. The highest BCUT2D eigenvalue weighted by atomic mass is 32.1. The lowest BCUT2D eigenvalue weighted by atomic mass is 10.2. The molecule has 0 saturated heterocycles. The van der Waals surface area contributed by atoms with E-state index in [1.807, 2.05) is 25.1 Å². The zero-order valence-corrected chi connectivity index (χ0v) is 9.84. The highest BCUT2D eigenvalue weighted by Crippen LogP contribution is 2.22. The van der Waals surface area contributed by atoms with Crippen LogP contribution in [0.4, 0.5) is 5.69 Å². The summed E-state index contributed by atoms with van der Waals surface area (Å²) in [4.78, 5) is 10.9. The van der Waals surface area contributed by atoms with E-state index in [0.29, 0.717) is 0 Å². The van der Waals surface area contributed by atoms with Crippen molar-refractivity contribution in [3.8, 4) is 0 Å². The van der Waals surface area contributed by atoms with Gasteiger partial charge in [-0.15, -0.1) is 0 Å². The van der Waals surface area contributed by atoms with Gasteiger partial charge in [0.1, 0.15) is 11.0 Å². The molecule has 2 aromatic rings. The van der Waals surface area contributed by atoms with Gasteiger partial charge in [0, 0.05) is 5.70 Å². The number of benzene rings is 1. The smallest absolute Gasteiger partial charge is 0.154 e. The number of carbonyl (C=O) groups excluding carboxylic acids is 1. The van der Waals surface area contributed by atoms with E-state index in [0.717, 1.165) is 22.4 Å². The van der Waals surface area contributed by atoms with Gasteiger partial charge in [-0.25, -0.2) is 0 Å². The van der Waals surface area contributed by atoms with Gasteiger partial charge >= 0.3 is 0 Å². The van der Waals surface area contributed by atoms with Crippen LogP contribution in [0.15, 0.2) is 30.0 Å². The largest absolute Gasteiger partial charge is 0.357 e. The van der Waals surface area contributed by atoms with E-state index in [1.54, 1.807) is 6.08 Å². The normalized spacial score (nSPS) is 11.8. The summed E-state index contributed by atoms with van der Waals surface area (Å²) in [5, 5.41) is 3.15. The minimum absolute atomic E-state index is 0.0218. The van der Waals surface area contributed by atoms with E-state index in [4.69, 9.17) is 0 Å². The van der Waals surface area contributed by atoms with Gasteiger partial charge in [-0.3, -0.25) is 4.79 Å². The Balaban J connectivity index is 2.34. The van der Waals surface area contributed by atoms with Crippen LogP contribution in [0.1, 0.15) is 13.8 Å². The number of nitrogens with zero attached hydrogens (tertiary/aromatic N) is 2. The number of fused-ring (bicyclic) bond motifs is 1. The molecule has 4 nitrogen and oxygen atoms in total. The second-order valence-corrected chi connectivity index (χ2v) is 4.03. The first-order valence-electron chi connectivity index (χ1n) is 4.84. The first kappa shape index (κ1) is 10.8. The van der Waals surface area contributed by atoms with Crippen molar-refractivity contribution in [3.63, 3.8) is 0 Å². The third kappa shape index (κ3) is 2.25. The molecule has 0 aliphatic carbocycles. The average Bonchev–Trinajstić information content (AvgIpc) is 2.65. The molecule has 2 rings (SSSR count). The van der Waals surface area contributed by atoms with Gasteiger partial charge in [-0.05, 0) is 32.1 Å². The number of carbonyl (C=O) groups is 1. The Bertz CT molecular complexity index is 559. The number of nitrogens with one attached hydrogen (secondary N) is 1. The SMILES string of the molecule is CC(=O)/C=C(/C)Nc1cccc2nsnc12. The summed E-state index contributed by atoms with van der Waals surface area (Å²) in [5.41, 5.74) is 3.38. The molecule has 0 aliphatic rings. The van der Waals surface area contributed by atoms with Crippen molar-refractivity contribution >= 4 is 34.2 Å². The van der Waals surface area contributed by atoms with E-state index in [9.17, 15) is 4.79 Å². The zero-order chi connectivity index (χ0) is 11.5. The molecule has 0 unspecified atom stereocenters. The molecule has 0 radical (unpaired) electrons. The Hall–Kier alpha value is -1.75. The number of allylic oxidation sites excluding steroid dienone is 2. The van der Waals surface area contributed by atoms with Gasteiger partial charge in [-0.1, -0.05) is 6.07 Å². The maximum absolute atomic E-state index is 10.9. The monoisotopic (exact) mass is 233 g/mol. The molecule has 82 valence electrons. The van der Waals surface area contributed by atoms with Crippen LogP contribution < -0.4 is 5.32 Å². The van der Waals surface area contributed by atoms with Crippen molar-refractivity contribution in [3.05, 3.63) is 30.0 Å². The lowest BCUT2D eigenvalue weighted by Gasteiger charge is -2.05. The fraction of sp³-hybridized carbons (Fsp3) is 0.182. The van der Waals surface area contributed by atoms with Crippen LogP contribution in [0.2, 0.25) is 0 Å². The molecule has 0 bridgehead atoms. The molecule has 0 fully saturated rings.